The van der Waals surface area contributed by atoms with E-state index < -0.39 is 0 Å². The highest BCUT2D eigenvalue weighted by molar-refractivity contribution is 5.74. The summed E-state index contributed by atoms with van der Waals surface area (Å²) in [5.41, 5.74) is 0.908. The second-order valence-corrected chi connectivity index (χ2v) is 6.34. The number of nitrogens with zero attached hydrogens (tertiary/aromatic N) is 3. The third kappa shape index (κ3) is 4.70. The first-order valence-corrected chi connectivity index (χ1v) is 8.22. The van der Waals surface area contributed by atoms with Crippen molar-refractivity contribution in [3.63, 3.8) is 0 Å². The molecule has 0 aromatic carbocycles. The molecule has 1 aromatic heterocycles. The lowest BCUT2D eigenvalue weighted by Gasteiger charge is -2.26. The predicted molar refractivity (Wildman–Crippen MR) is 88.7 cm³/mol. The van der Waals surface area contributed by atoms with Crippen LogP contribution in [0.4, 0.5) is 4.79 Å². The molecule has 1 aromatic rings. The average Bonchev–Trinajstić information content (AvgIpc) is 3.05. The number of aromatic nitrogens is 1. The van der Waals surface area contributed by atoms with Gasteiger partial charge in [-0.2, -0.15) is 0 Å². The zero-order chi connectivity index (χ0) is 15.9. The van der Waals surface area contributed by atoms with Gasteiger partial charge in [0, 0.05) is 26.3 Å². The summed E-state index contributed by atoms with van der Waals surface area (Å²) in [7, 11) is 1.82. The van der Waals surface area contributed by atoms with Crippen molar-refractivity contribution in [3.05, 3.63) is 30.1 Å². The molecule has 1 saturated heterocycles. The van der Waals surface area contributed by atoms with Gasteiger partial charge in [0.2, 0.25) is 0 Å². The van der Waals surface area contributed by atoms with Gasteiger partial charge in [-0.3, -0.25) is 4.98 Å². The Labute approximate surface area is 133 Å². The molecule has 22 heavy (non-hydrogen) atoms. The number of nitrogens with one attached hydrogen (secondary N) is 1. The van der Waals surface area contributed by atoms with Crippen LogP contribution in [0.5, 0.6) is 0 Å². The molecule has 1 N–H and O–H groups in total. The topological polar surface area (TPSA) is 48.5 Å². The minimum atomic E-state index is -0.0357. The second-order valence-electron chi connectivity index (χ2n) is 6.34. The van der Waals surface area contributed by atoms with Gasteiger partial charge >= 0.3 is 6.03 Å². The number of likely N-dealkylation sites (tertiary alicyclic amines) is 1. The standard InChI is InChI=1S/C17H28N4O/c1-14(13-21-10-6-7-11-21)12-19-17(22)20(3)15(2)16-8-4-5-9-18-16/h4-5,8-9,14-15H,6-7,10-13H2,1-3H3,(H,19,22). The van der Waals surface area contributed by atoms with Crippen LogP contribution in [0.15, 0.2) is 24.4 Å². The monoisotopic (exact) mass is 304 g/mol. The van der Waals surface area contributed by atoms with Gasteiger partial charge in [-0.05, 0) is 50.9 Å². The Kier molecular flexibility index (Phi) is 6.19. The number of hydrogen-bond acceptors (Lipinski definition) is 3. The molecule has 0 aliphatic carbocycles. The van der Waals surface area contributed by atoms with Crippen molar-refractivity contribution in [3.8, 4) is 0 Å². The van der Waals surface area contributed by atoms with Gasteiger partial charge in [-0.15, -0.1) is 0 Å². The Morgan fingerprint density at radius 2 is 2.09 bits per heavy atom. The number of rotatable bonds is 6. The summed E-state index contributed by atoms with van der Waals surface area (Å²) in [6, 6.07) is 5.71. The smallest absolute Gasteiger partial charge is 0.317 e. The van der Waals surface area contributed by atoms with E-state index in [2.05, 4.69) is 22.1 Å². The number of pyridine rings is 1. The van der Waals surface area contributed by atoms with Gasteiger partial charge in [0.25, 0.3) is 0 Å². The highest BCUT2D eigenvalue weighted by Gasteiger charge is 2.19. The maximum Gasteiger partial charge on any atom is 0.317 e. The zero-order valence-electron chi connectivity index (χ0n) is 14.0. The molecule has 5 nitrogen and oxygen atoms in total. The van der Waals surface area contributed by atoms with Gasteiger partial charge < -0.3 is 15.1 Å². The number of carbonyl (C=O) groups excluding carboxylic acids is 1. The van der Waals surface area contributed by atoms with Crippen LogP contribution >= 0.6 is 0 Å². The van der Waals surface area contributed by atoms with Crippen LogP contribution in [0.1, 0.15) is 38.4 Å². The summed E-state index contributed by atoms with van der Waals surface area (Å²) in [6.45, 7) is 8.38. The summed E-state index contributed by atoms with van der Waals surface area (Å²) in [5.74, 6) is 0.473. The average molecular weight is 304 g/mol. The highest BCUT2D eigenvalue weighted by atomic mass is 16.2. The molecule has 122 valence electrons. The molecule has 2 atom stereocenters. The first kappa shape index (κ1) is 16.7. The molecule has 2 rings (SSSR count). The molecule has 5 heteroatoms. The minimum absolute atomic E-state index is 0.0323. The maximum absolute atomic E-state index is 12.3. The first-order valence-electron chi connectivity index (χ1n) is 8.22. The maximum atomic E-state index is 12.3. The molecule has 1 aliphatic heterocycles. The van der Waals surface area contributed by atoms with Crippen LogP contribution in [0, 0.1) is 5.92 Å². The van der Waals surface area contributed by atoms with Crippen LogP contribution in [0.25, 0.3) is 0 Å². The molecule has 0 radical (unpaired) electrons. The highest BCUT2D eigenvalue weighted by Crippen LogP contribution is 2.16. The molecular formula is C17H28N4O. The summed E-state index contributed by atoms with van der Waals surface area (Å²) < 4.78 is 0. The fraction of sp³-hybridized carbons (Fsp3) is 0.647. The Hall–Kier alpha value is -1.62. The van der Waals surface area contributed by atoms with Crippen LogP contribution in [0.3, 0.4) is 0 Å². The van der Waals surface area contributed by atoms with Gasteiger partial charge in [0.05, 0.1) is 11.7 Å². The van der Waals surface area contributed by atoms with Crippen LogP contribution < -0.4 is 5.32 Å². The summed E-state index contributed by atoms with van der Waals surface area (Å²) in [4.78, 5) is 20.8. The van der Waals surface area contributed by atoms with Crippen LogP contribution in [-0.2, 0) is 0 Å². The molecular weight excluding hydrogens is 276 g/mol. The van der Waals surface area contributed by atoms with E-state index in [4.69, 9.17) is 0 Å². The van der Waals surface area contributed by atoms with E-state index in [1.54, 1.807) is 11.1 Å². The molecule has 2 amide bonds. The summed E-state index contributed by atoms with van der Waals surface area (Å²) in [6.07, 6.45) is 4.38. The minimum Gasteiger partial charge on any atom is -0.338 e. The fourth-order valence-corrected chi connectivity index (χ4v) is 2.85. The van der Waals surface area contributed by atoms with E-state index in [1.807, 2.05) is 32.2 Å². The molecule has 0 spiro atoms. The number of urea groups is 1. The van der Waals surface area contributed by atoms with Gasteiger partial charge in [0.1, 0.15) is 0 Å². The van der Waals surface area contributed by atoms with Crippen molar-refractivity contribution in [1.29, 1.82) is 0 Å². The van der Waals surface area contributed by atoms with E-state index >= 15 is 0 Å². The molecule has 2 unspecified atom stereocenters. The van der Waals surface area contributed by atoms with Crippen molar-refractivity contribution in [2.75, 3.05) is 33.2 Å². The van der Waals surface area contributed by atoms with Crippen LogP contribution in [-0.4, -0.2) is 54.0 Å². The van der Waals surface area contributed by atoms with E-state index in [-0.39, 0.29) is 12.1 Å². The van der Waals surface area contributed by atoms with Crippen LogP contribution in [0.2, 0.25) is 0 Å². The lowest BCUT2D eigenvalue weighted by Crippen LogP contribution is -2.42. The Bertz CT molecular complexity index is 459. The Morgan fingerprint density at radius 3 is 2.73 bits per heavy atom. The Balaban J connectivity index is 1.76. The Morgan fingerprint density at radius 1 is 1.36 bits per heavy atom. The third-order valence-corrected chi connectivity index (χ3v) is 4.39. The predicted octanol–water partition coefficient (Wildman–Crippen LogP) is 2.52. The van der Waals surface area contributed by atoms with E-state index in [1.165, 1.54) is 25.9 Å². The van der Waals surface area contributed by atoms with Gasteiger partial charge in [-0.1, -0.05) is 13.0 Å². The van der Waals surface area contributed by atoms with Crippen molar-refractivity contribution < 1.29 is 4.79 Å². The number of hydrogen-bond donors (Lipinski definition) is 1. The van der Waals surface area contributed by atoms with E-state index in [0.717, 1.165) is 12.2 Å². The van der Waals surface area contributed by atoms with Crippen molar-refractivity contribution in [2.45, 2.75) is 32.7 Å². The molecule has 0 bridgehead atoms. The fourth-order valence-electron chi connectivity index (χ4n) is 2.85. The van der Waals surface area contributed by atoms with Crippen molar-refractivity contribution >= 4 is 6.03 Å². The molecule has 2 heterocycles. The molecule has 0 saturated carbocycles. The zero-order valence-corrected chi connectivity index (χ0v) is 14.0. The third-order valence-electron chi connectivity index (χ3n) is 4.39. The molecule has 1 fully saturated rings. The quantitative estimate of drug-likeness (QED) is 0.878. The largest absolute Gasteiger partial charge is 0.338 e. The van der Waals surface area contributed by atoms with E-state index in [0.29, 0.717) is 12.5 Å². The SMILES string of the molecule is CC(CNC(=O)N(C)C(C)c1ccccn1)CN1CCCC1. The lowest BCUT2D eigenvalue weighted by atomic mass is 10.1. The first-order chi connectivity index (χ1) is 10.6. The second kappa shape index (κ2) is 8.13. The summed E-state index contributed by atoms with van der Waals surface area (Å²) in [5, 5.41) is 3.04. The lowest BCUT2D eigenvalue weighted by molar-refractivity contribution is 0.189. The van der Waals surface area contributed by atoms with Gasteiger partial charge in [0.15, 0.2) is 0 Å². The molecule has 1 aliphatic rings. The van der Waals surface area contributed by atoms with E-state index in [9.17, 15) is 4.79 Å². The van der Waals surface area contributed by atoms with Crippen molar-refractivity contribution in [2.24, 2.45) is 5.92 Å². The number of amides is 2. The summed E-state index contributed by atoms with van der Waals surface area (Å²) >= 11 is 0. The van der Waals surface area contributed by atoms with Gasteiger partial charge in [-0.25, -0.2) is 4.79 Å². The van der Waals surface area contributed by atoms with Crippen molar-refractivity contribution in [1.82, 2.24) is 20.1 Å². The number of carbonyl (C=O) groups is 1. The normalized spacial score (nSPS) is 18.0.